The van der Waals surface area contributed by atoms with Gasteiger partial charge in [0.2, 0.25) is 0 Å². The summed E-state index contributed by atoms with van der Waals surface area (Å²) in [6.07, 6.45) is 25.8. The number of ether oxygens (including phenoxy) is 2. The highest BCUT2D eigenvalue weighted by Crippen LogP contribution is 2.43. The quantitative estimate of drug-likeness (QED) is 0.0178. The number of rotatable bonds is 38. The van der Waals surface area contributed by atoms with Crippen LogP contribution in [0, 0.1) is 11.8 Å². The molecular weight excluding hydrogens is 761 g/mol. The lowest BCUT2D eigenvalue weighted by atomic mass is 9.88. The predicted octanol–water partition coefficient (Wildman–Crippen LogP) is 9.56. The second kappa shape index (κ2) is 33.0. The second-order valence-corrected chi connectivity index (χ2v) is 19.0. The van der Waals surface area contributed by atoms with Crippen molar-refractivity contribution in [1.82, 2.24) is 0 Å². The van der Waals surface area contributed by atoms with Gasteiger partial charge in [0.1, 0.15) is 25.5 Å². The van der Waals surface area contributed by atoms with Crippen LogP contribution in [-0.2, 0) is 37.5 Å². The van der Waals surface area contributed by atoms with E-state index in [1.165, 1.54) is 64.2 Å². The zero-order valence-corrected chi connectivity index (χ0v) is 38.2. The number of phosphoric ester groups is 1. The Morgan fingerprint density at radius 2 is 1.28 bits per heavy atom. The molecular formula is C45H85NO11P+. The van der Waals surface area contributed by atoms with Gasteiger partial charge >= 0.3 is 19.8 Å². The molecule has 0 heterocycles. The smallest absolute Gasteiger partial charge is 0.462 e. The number of unbranched alkanes of at least 4 members (excludes halogenated alkanes) is 18. The Bertz CT molecular complexity index is 1160. The number of hydrogen-bond donors (Lipinski definition) is 3. The van der Waals surface area contributed by atoms with E-state index in [0.717, 1.165) is 57.8 Å². The van der Waals surface area contributed by atoms with Gasteiger partial charge in [-0.05, 0) is 25.7 Å². The van der Waals surface area contributed by atoms with E-state index in [4.69, 9.17) is 18.5 Å². The molecule has 1 unspecified atom stereocenters. The average molecular weight is 847 g/mol. The summed E-state index contributed by atoms with van der Waals surface area (Å²) in [5.74, 6) is -1.48. The highest BCUT2D eigenvalue weighted by molar-refractivity contribution is 7.47. The summed E-state index contributed by atoms with van der Waals surface area (Å²) in [6, 6.07) is 0. The minimum absolute atomic E-state index is 0.00892. The van der Waals surface area contributed by atoms with E-state index < -0.39 is 44.7 Å². The molecule has 1 saturated carbocycles. The molecule has 3 N–H and O–H groups in total. The van der Waals surface area contributed by atoms with Gasteiger partial charge in [-0.15, -0.1) is 0 Å². The van der Waals surface area contributed by atoms with Gasteiger partial charge in [-0.3, -0.25) is 23.4 Å². The molecule has 58 heavy (non-hydrogen) atoms. The molecule has 0 radical (unpaired) electrons. The molecule has 0 bridgehead atoms. The van der Waals surface area contributed by atoms with Crippen LogP contribution in [0.5, 0.6) is 0 Å². The monoisotopic (exact) mass is 847 g/mol. The Kier molecular flexibility index (Phi) is 31.0. The van der Waals surface area contributed by atoms with Crippen LogP contribution in [0.2, 0.25) is 0 Å². The maximum absolute atomic E-state index is 12.8. The number of Topliss-reactive ketones (excluding diaryl/α,β-unsaturated/α-hetero) is 1. The van der Waals surface area contributed by atoms with Crippen LogP contribution < -0.4 is 0 Å². The van der Waals surface area contributed by atoms with E-state index in [9.17, 15) is 34.1 Å². The molecule has 13 heteroatoms. The number of nitrogens with zero attached hydrogens (tertiary/aromatic N) is 1. The van der Waals surface area contributed by atoms with Crippen molar-refractivity contribution in [2.75, 3.05) is 47.5 Å². The van der Waals surface area contributed by atoms with E-state index in [0.29, 0.717) is 36.7 Å². The maximum atomic E-state index is 12.8. The fraction of sp³-hybridized carbons (Fsp3) is 0.889. The zero-order valence-electron chi connectivity index (χ0n) is 37.3. The summed E-state index contributed by atoms with van der Waals surface area (Å²) >= 11 is 0. The normalized spacial score (nSPS) is 19.4. The molecule has 1 aliphatic carbocycles. The second-order valence-electron chi connectivity index (χ2n) is 17.6. The van der Waals surface area contributed by atoms with Gasteiger partial charge in [0.15, 0.2) is 6.10 Å². The number of aliphatic hydroxyl groups excluding tert-OH is 2. The number of aliphatic hydroxyl groups is 2. The van der Waals surface area contributed by atoms with E-state index >= 15 is 0 Å². The first-order valence-corrected chi connectivity index (χ1v) is 24.5. The number of carbonyl (C=O) groups excluding carboxylic acids is 3. The molecule has 1 fully saturated rings. The largest absolute Gasteiger partial charge is 0.472 e. The molecule has 6 atom stereocenters. The first-order valence-electron chi connectivity index (χ1n) is 23.0. The number of ketones is 1. The van der Waals surface area contributed by atoms with Crippen LogP contribution in [-0.4, -0.2) is 103 Å². The first-order chi connectivity index (χ1) is 27.7. The molecule has 0 spiro atoms. The Morgan fingerprint density at radius 3 is 1.84 bits per heavy atom. The van der Waals surface area contributed by atoms with Crippen molar-refractivity contribution in [3.63, 3.8) is 0 Å². The average Bonchev–Trinajstić information content (AvgIpc) is 3.43. The van der Waals surface area contributed by atoms with Crippen molar-refractivity contribution in [2.24, 2.45) is 11.8 Å². The third kappa shape index (κ3) is 29.5. The Hall–Kier alpha value is -1.66. The minimum Gasteiger partial charge on any atom is -0.462 e. The van der Waals surface area contributed by atoms with Crippen molar-refractivity contribution in [3.8, 4) is 0 Å². The molecule has 0 aromatic rings. The van der Waals surface area contributed by atoms with Gasteiger partial charge in [0.25, 0.3) is 0 Å². The summed E-state index contributed by atoms with van der Waals surface area (Å²) in [4.78, 5) is 48.2. The van der Waals surface area contributed by atoms with Crippen molar-refractivity contribution in [2.45, 2.75) is 199 Å². The minimum atomic E-state index is -4.44. The first kappa shape index (κ1) is 54.4. The Labute approximate surface area is 352 Å². The molecule has 0 aromatic carbocycles. The standard InChI is InChI=1S/C45H84NO11P/c1-6-8-10-11-12-13-14-15-16-17-18-19-20-25-29-44(50)54-36-39(37-56-58(52,53)55-34-33-46(3,4)5)57-45(51)30-26-22-21-24-28-40-41(43(49)35-42(40)48)32-31-38(47)27-23-9-7-2/h31-32,38-41,43,47,49H,6-30,33-37H2,1-5H3/p+1/b32-31+/t38-,39+,40+,41+,43+/m0/s1. The SMILES string of the molecule is CCCCCCCCCCCCCCCCC(=O)OC[C@H](COP(=O)(O)OCC[N+](C)(C)C)OC(=O)CCCCCC[C@H]1C(=O)C[C@@H](O)[C@@H]1/C=C/[C@@H](O)CCCCC. The summed E-state index contributed by atoms with van der Waals surface area (Å²) in [5.41, 5.74) is 0. The number of quaternary nitrogens is 1. The van der Waals surface area contributed by atoms with Crippen LogP contribution in [0.4, 0.5) is 0 Å². The number of likely N-dealkylation sites (N-methyl/N-ethyl adjacent to an activating group) is 1. The molecule has 0 aromatic heterocycles. The third-order valence-corrected chi connectivity index (χ3v) is 11.9. The van der Waals surface area contributed by atoms with E-state index in [1.807, 2.05) is 27.2 Å². The van der Waals surface area contributed by atoms with Crippen molar-refractivity contribution in [3.05, 3.63) is 12.2 Å². The molecule has 1 rings (SSSR count). The van der Waals surface area contributed by atoms with Gasteiger partial charge < -0.3 is 29.1 Å². The lowest BCUT2D eigenvalue weighted by Crippen LogP contribution is -2.37. The van der Waals surface area contributed by atoms with Crippen molar-refractivity contribution in [1.29, 1.82) is 0 Å². The third-order valence-electron chi connectivity index (χ3n) is 10.9. The number of phosphoric acid groups is 1. The summed E-state index contributed by atoms with van der Waals surface area (Å²) in [5, 5.41) is 20.8. The highest BCUT2D eigenvalue weighted by atomic mass is 31.2. The van der Waals surface area contributed by atoms with Gasteiger partial charge in [0, 0.05) is 31.1 Å². The molecule has 0 amide bonds. The lowest BCUT2D eigenvalue weighted by molar-refractivity contribution is -0.870. The molecule has 0 saturated heterocycles. The number of hydrogen-bond acceptors (Lipinski definition) is 10. The summed E-state index contributed by atoms with van der Waals surface area (Å²) < 4.78 is 34.3. The topological polar surface area (TPSA) is 166 Å². The van der Waals surface area contributed by atoms with E-state index in [1.54, 1.807) is 6.08 Å². The predicted molar refractivity (Wildman–Crippen MR) is 230 cm³/mol. The van der Waals surface area contributed by atoms with Crippen LogP contribution >= 0.6 is 7.82 Å². The highest BCUT2D eigenvalue weighted by Gasteiger charge is 2.39. The number of carbonyl (C=O) groups is 3. The van der Waals surface area contributed by atoms with E-state index in [-0.39, 0.29) is 50.1 Å². The zero-order chi connectivity index (χ0) is 43.1. The summed E-state index contributed by atoms with van der Waals surface area (Å²) in [7, 11) is 1.34. The van der Waals surface area contributed by atoms with Gasteiger partial charge in [-0.25, -0.2) is 4.57 Å². The van der Waals surface area contributed by atoms with Gasteiger partial charge in [-0.1, -0.05) is 148 Å². The Morgan fingerprint density at radius 1 is 0.759 bits per heavy atom. The molecule has 0 aliphatic heterocycles. The molecule has 1 aliphatic rings. The number of esters is 2. The Balaban J connectivity index is 2.46. The van der Waals surface area contributed by atoms with Gasteiger partial charge in [-0.2, -0.15) is 0 Å². The molecule has 340 valence electrons. The van der Waals surface area contributed by atoms with Crippen molar-refractivity contribution >= 4 is 25.5 Å². The fourth-order valence-corrected chi connectivity index (χ4v) is 8.00. The van der Waals surface area contributed by atoms with Crippen LogP contribution in [0.3, 0.4) is 0 Å². The van der Waals surface area contributed by atoms with Gasteiger partial charge in [0.05, 0.1) is 40.0 Å². The van der Waals surface area contributed by atoms with Crippen LogP contribution in [0.15, 0.2) is 12.2 Å². The van der Waals surface area contributed by atoms with E-state index in [2.05, 4.69) is 13.8 Å². The summed E-state index contributed by atoms with van der Waals surface area (Å²) in [6.45, 7) is 4.06. The molecule has 12 nitrogen and oxygen atoms in total. The fourth-order valence-electron chi connectivity index (χ4n) is 7.26. The lowest BCUT2D eigenvalue weighted by Gasteiger charge is -2.24. The van der Waals surface area contributed by atoms with Crippen LogP contribution in [0.1, 0.15) is 181 Å². The van der Waals surface area contributed by atoms with Crippen LogP contribution in [0.25, 0.3) is 0 Å². The van der Waals surface area contributed by atoms with Crippen molar-refractivity contribution < 1.29 is 57.1 Å². The maximum Gasteiger partial charge on any atom is 0.472 e.